The quantitative estimate of drug-likeness (QED) is 0.738. The van der Waals surface area contributed by atoms with Crippen molar-refractivity contribution in [2.45, 2.75) is 39.2 Å². The van der Waals surface area contributed by atoms with Gasteiger partial charge in [-0.1, -0.05) is 6.92 Å². The summed E-state index contributed by atoms with van der Waals surface area (Å²) >= 11 is 0. The lowest BCUT2D eigenvalue weighted by Crippen LogP contribution is -2.46. The minimum atomic E-state index is 0.00498. The number of carbonyl (C=O) groups is 1. The Bertz CT molecular complexity index is 246. The molecular weight excluding hydrogens is 216 g/mol. The average Bonchev–Trinajstić information content (AvgIpc) is 2.31. The van der Waals surface area contributed by atoms with E-state index in [1.54, 1.807) is 4.90 Å². The molecule has 17 heavy (non-hydrogen) atoms. The Balaban J connectivity index is 2.43. The molecule has 1 aliphatic carbocycles. The fourth-order valence-electron chi connectivity index (χ4n) is 2.43. The molecule has 3 atom stereocenters. The van der Waals surface area contributed by atoms with E-state index in [4.69, 9.17) is 10.5 Å². The maximum atomic E-state index is 12.2. The molecule has 1 fully saturated rings. The van der Waals surface area contributed by atoms with E-state index >= 15 is 0 Å². The summed E-state index contributed by atoms with van der Waals surface area (Å²) in [6, 6.07) is 0.0354. The number of likely N-dealkylation sites (N-methyl/N-ethyl adjacent to an activating group) is 1. The molecule has 0 aromatic heterocycles. The van der Waals surface area contributed by atoms with Crippen LogP contribution in [0.1, 0.15) is 33.1 Å². The van der Waals surface area contributed by atoms with Gasteiger partial charge in [0, 0.05) is 26.2 Å². The molecule has 1 rings (SSSR count). The third kappa shape index (κ3) is 4.28. The highest BCUT2D eigenvalue weighted by atomic mass is 16.5. The Morgan fingerprint density at radius 1 is 1.47 bits per heavy atom. The summed E-state index contributed by atoms with van der Waals surface area (Å²) in [6.45, 7) is 6.12. The second-order valence-corrected chi connectivity index (χ2v) is 5.15. The van der Waals surface area contributed by atoms with Crippen molar-refractivity contribution in [1.82, 2.24) is 4.90 Å². The lowest BCUT2D eigenvalue weighted by atomic mass is 9.78. The zero-order chi connectivity index (χ0) is 12.8. The molecule has 0 aromatic carbocycles. The number of hydrogen-bond donors (Lipinski definition) is 1. The number of hydrogen-bond acceptors (Lipinski definition) is 3. The summed E-state index contributed by atoms with van der Waals surface area (Å²) in [6.07, 6.45) is 3.05. The third-order valence-electron chi connectivity index (χ3n) is 3.63. The average molecular weight is 242 g/mol. The second kappa shape index (κ2) is 6.97. The zero-order valence-corrected chi connectivity index (χ0v) is 11.3. The molecular formula is C13H26N2O2. The van der Waals surface area contributed by atoms with Crippen molar-refractivity contribution in [3.8, 4) is 0 Å². The first-order valence-electron chi connectivity index (χ1n) is 6.64. The standard InChI is InChI=1S/C13H26N2O2/c1-4-17-8-7-15(3)13(16)11-9-10(2)5-6-12(11)14/h10-12H,4-9,14H2,1-3H3. The normalized spacial score (nSPS) is 29.1. The Hall–Kier alpha value is -0.610. The van der Waals surface area contributed by atoms with Crippen LogP contribution >= 0.6 is 0 Å². The van der Waals surface area contributed by atoms with E-state index in [1.807, 2.05) is 14.0 Å². The van der Waals surface area contributed by atoms with E-state index in [9.17, 15) is 4.79 Å². The molecule has 0 aliphatic heterocycles. The predicted octanol–water partition coefficient (Wildman–Crippen LogP) is 1.24. The highest BCUT2D eigenvalue weighted by Gasteiger charge is 2.32. The molecule has 0 radical (unpaired) electrons. The first kappa shape index (κ1) is 14.5. The van der Waals surface area contributed by atoms with Crippen LogP contribution in [0, 0.1) is 11.8 Å². The van der Waals surface area contributed by atoms with Crippen LogP contribution in [0.15, 0.2) is 0 Å². The van der Waals surface area contributed by atoms with E-state index < -0.39 is 0 Å². The van der Waals surface area contributed by atoms with Crippen molar-refractivity contribution in [3.05, 3.63) is 0 Å². The maximum absolute atomic E-state index is 12.2. The number of carbonyl (C=O) groups excluding carboxylic acids is 1. The van der Waals surface area contributed by atoms with Crippen LogP contribution in [-0.2, 0) is 9.53 Å². The van der Waals surface area contributed by atoms with Gasteiger partial charge in [0.15, 0.2) is 0 Å². The van der Waals surface area contributed by atoms with Gasteiger partial charge in [0.25, 0.3) is 0 Å². The van der Waals surface area contributed by atoms with Gasteiger partial charge >= 0.3 is 0 Å². The first-order valence-corrected chi connectivity index (χ1v) is 6.64. The van der Waals surface area contributed by atoms with Crippen LogP contribution in [0.3, 0.4) is 0 Å². The number of nitrogens with zero attached hydrogens (tertiary/aromatic N) is 1. The summed E-state index contributed by atoms with van der Waals surface area (Å²) in [5, 5.41) is 0. The van der Waals surface area contributed by atoms with Gasteiger partial charge in [0.05, 0.1) is 12.5 Å². The maximum Gasteiger partial charge on any atom is 0.227 e. The van der Waals surface area contributed by atoms with Crippen LogP contribution in [-0.4, -0.2) is 43.7 Å². The summed E-state index contributed by atoms with van der Waals surface area (Å²) in [5.74, 6) is 0.804. The van der Waals surface area contributed by atoms with Gasteiger partial charge in [-0.15, -0.1) is 0 Å². The first-order chi connectivity index (χ1) is 8.06. The van der Waals surface area contributed by atoms with Crippen molar-refractivity contribution in [3.63, 3.8) is 0 Å². The summed E-state index contributed by atoms with van der Waals surface area (Å²) < 4.78 is 5.26. The molecule has 4 nitrogen and oxygen atoms in total. The van der Waals surface area contributed by atoms with Gasteiger partial charge < -0.3 is 15.4 Å². The van der Waals surface area contributed by atoms with Gasteiger partial charge in [-0.05, 0) is 32.1 Å². The van der Waals surface area contributed by atoms with Gasteiger partial charge in [-0.3, -0.25) is 4.79 Å². The lowest BCUT2D eigenvalue weighted by molar-refractivity contribution is -0.137. The Morgan fingerprint density at radius 2 is 2.18 bits per heavy atom. The van der Waals surface area contributed by atoms with Gasteiger partial charge in [0.2, 0.25) is 5.91 Å². The van der Waals surface area contributed by atoms with Crippen molar-refractivity contribution in [2.75, 3.05) is 26.8 Å². The molecule has 1 amide bonds. The molecule has 100 valence electrons. The van der Waals surface area contributed by atoms with Gasteiger partial charge in [-0.2, -0.15) is 0 Å². The van der Waals surface area contributed by atoms with Crippen molar-refractivity contribution in [2.24, 2.45) is 17.6 Å². The van der Waals surface area contributed by atoms with Crippen LogP contribution < -0.4 is 5.73 Å². The predicted molar refractivity (Wildman–Crippen MR) is 68.6 cm³/mol. The second-order valence-electron chi connectivity index (χ2n) is 5.15. The van der Waals surface area contributed by atoms with Gasteiger partial charge in [-0.25, -0.2) is 0 Å². The molecule has 3 unspecified atom stereocenters. The fourth-order valence-corrected chi connectivity index (χ4v) is 2.43. The lowest BCUT2D eigenvalue weighted by Gasteiger charge is -2.34. The highest BCUT2D eigenvalue weighted by Crippen LogP contribution is 2.29. The molecule has 0 aromatic rings. The Kier molecular flexibility index (Phi) is 5.92. The Morgan fingerprint density at radius 3 is 2.82 bits per heavy atom. The van der Waals surface area contributed by atoms with E-state index in [-0.39, 0.29) is 17.9 Å². The molecule has 1 aliphatic rings. The van der Waals surface area contributed by atoms with Crippen LogP contribution in [0.25, 0.3) is 0 Å². The molecule has 2 N–H and O–H groups in total. The molecule has 0 spiro atoms. The molecule has 1 saturated carbocycles. The van der Waals surface area contributed by atoms with Crippen molar-refractivity contribution in [1.29, 1.82) is 0 Å². The number of ether oxygens (including phenoxy) is 1. The molecule has 4 heteroatoms. The van der Waals surface area contributed by atoms with Crippen molar-refractivity contribution < 1.29 is 9.53 Å². The smallest absolute Gasteiger partial charge is 0.227 e. The van der Waals surface area contributed by atoms with Crippen LogP contribution in [0.2, 0.25) is 0 Å². The molecule has 0 bridgehead atoms. The molecule has 0 saturated heterocycles. The third-order valence-corrected chi connectivity index (χ3v) is 3.63. The number of nitrogens with two attached hydrogens (primary N) is 1. The summed E-state index contributed by atoms with van der Waals surface area (Å²) in [4.78, 5) is 14.0. The summed E-state index contributed by atoms with van der Waals surface area (Å²) in [7, 11) is 1.84. The number of rotatable bonds is 5. The SMILES string of the molecule is CCOCCN(C)C(=O)C1CC(C)CCC1N. The summed E-state index contributed by atoms with van der Waals surface area (Å²) in [5.41, 5.74) is 6.06. The van der Waals surface area contributed by atoms with Gasteiger partial charge in [0.1, 0.15) is 0 Å². The van der Waals surface area contributed by atoms with Crippen LogP contribution in [0.5, 0.6) is 0 Å². The van der Waals surface area contributed by atoms with Crippen LogP contribution in [0.4, 0.5) is 0 Å². The Labute approximate surface area is 104 Å². The van der Waals surface area contributed by atoms with E-state index in [0.29, 0.717) is 25.7 Å². The molecule has 0 heterocycles. The minimum absolute atomic E-state index is 0.00498. The monoisotopic (exact) mass is 242 g/mol. The van der Waals surface area contributed by atoms with Crippen molar-refractivity contribution >= 4 is 5.91 Å². The topological polar surface area (TPSA) is 55.6 Å². The zero-order valence-electron chi connectivity index (χ0n) is 11.3. The highest BCUT2D eigenvalue weighted by molar-refractivity contribution is 5.79. The fraction of sp³-hybridized carbons (Fsp3) is 0.923. The minimum Gasteiger partial charge on any atom is -0.380 e. The number of amides is 1. The van der Waals surface area contributed by atoms with E-state index in [2.05, 4.69) is 6.92 Å². The largest absolute Gasteiger partial charge is 0.380 e. The van der Waals surface area contributed by atoms with E-state index in [1.165, 1.54) is 0 Å². The van der Waals surface area contributed by atoms with E-state index in [0.717, 1.165) is 19.3 Å².